The highest BCUT2D eigenvalue weighted by Crippen LogP contribution is 2.37. The van der Waals surface area contributed by atoms with Gasteiger partial charge in [0.2, 0.25) is 0 Å². The highest BCUT2D eigenvalue weighted by molar-refractivity contribution is 7.21. The minimum Gasteiger partial charge on any atom is -0.493 e. The van der Waals surface area contributed by atoms with Gasteiger partial charge < -0.3 is 14.2 Å². The van der Waals surface area contributed by atoms with Crippen molar-refractivity contribution in [2.75, 3.05) is 13.7 Å². The number of methoxy groups -OCH3 is 1. The van der Waals surface area contributed by atoms with Crippen molar-refractivity contribution in [2.45, 2.75) is 6.42 Å². The van der Waals surface area contributed by atoms with Crippen molar-refractivity contribution in [3.63, 3.8) is 0 Å². The minimum atomic E-state index is -0.576. The number of nitrogens with zero attached hydrogens (tertiary/aromatic N) is 1. The summed E-state index contributed by atoms with van der Waals surface area (Å²) in [6, 6.07) is 19.8. The molecule has 1 amide bonds. The molecule has 0 saturated carbocycles. The number of hydrazone groups is 1. The van der Waals surface area contributed by atoms with Gasteiger partial charge in [-0.2, -0.15) is 5.10 Å². The maximum Gasteiger partial charge on any atom is 0.355 e. The van der Waals surface area contributed by atoms with Crippen molar-refractivity contribution >= 4 is 51.1 Å². The van der Waals surface area contributed by atoms with Crippen molar-refractivity contribution in [3.05, 3.63) is 100 Å². The molecule has 1 heterocycles. The van der Waals surface area contributed by atoms with Crippen molar-refractivity contribution < 1.29 is 23.8 Å². The molecule has 188 valence electrons. The van der Waals surface area contributed by atoms with E-state index in [2.05, 4.69) is 17.1 Å². The van der Waals surface area contributed by atoms with Crippen LogP contribution in [0.1, 0.15) is 20.8 Å². The maximum atomic E-state index is 12.8. The van der Waals surface area contributed by atoms with Crippen molar-refractivity contribution in [2.24, 2.45) is 5.10 Å². The molecule has 7 nitrogen and oxygen atoms in total. The Hall–Kier alpha value is -4.14. The summed E-state index contributed by atoms with van der Waals surface area (Å²) in [6.07, 6.45) is 3.85. The lowest BCUT2D eigenvalue weighted by Gasteiger charge is -2.10. The van der Waals surface area contributed by atoms with Gasteiger partial charge in [-0.1, -0.05) is 54.1 Å². The Morgan fingerprint density at radius 2 is 1.84 bits per heavy atom. The van der Waals surface area contributed by atoms with Crippen molar-refractivity contribution in [3.8, 4) is 17.2 Å². The van der Waals surface area contributed by atoms with E-state index in [4.69, 9.17) is 25.8 Å². The average molecular weight is 535 g/mol. The summed E-state index contributed by atoms with van der Waals surface area (Å²) in [5.41, 5.74) is 3.98. The molecule has 1 aromatic heterocycles. The molecule has 4 rings (SSSR count). The molecule has 1 N–H and O–H groups in total. The third kappa shape index (κ3) is 6.35. The first-order valence-electron chi connectivity index (χ1n) is 11.2. The molecule has 0 radical (unpaired) electrons. The number of carbonyl (C=O) groups excluding carboxylic acids is 2. The number of ether oxygens (including phenoxy) is 3. The molecule has 0 saturated heterocycles. The number of halogens is 1. The highest BCUT2D eigenvalue weighted by atomic mass is 35.5. The van der Waals surface area contributed by atoms with Crippen molar-refractivity contribution in [1.29, 1.82) is 0 Å². The van der Waals surface area contributed by atoms with Gasteiger partial charge in [-0.3, -0.25) is 4.79 Å². The van der Waals surface area contributed by atoms with E-state index in [0.29, 0.717) is 33.4 Å². The number of benzene rings is 3. The van der Waals surface area contributed by atoms with Gasteiger partial charge in [0.1, 0.15) is 10.6 Å². The Morgan fingerprint density at radius 1 is 1.05 bits per heavy atom. The second kappa shape index (κ2) is 12.2. The fourth-order valence-corrected chi connectivity index (χ4v) is 4.85. The van der Waals surface area contributed by atoms with Gasteiger partial charge in [0, 0.05) is 10.1 Å². The van der Waals surface area contributed by atoms with E-state index in [1.807, 2.05) is 42.5 Å². The fraction of sp³-hybridized carbons (Fsp3) is 0.107. The average Bonchev–Trinajstić information content (AvgIpc) is 3.25. The first kappa shape index (κ1) is 25.9. The van der Waals surface area contributed by atoms with Crippen LogP contribution in [-0.4, -0.2) is 31.8 Å². The van der Waals surface area contributed by atoms with Crippen LogP contribution in [0.25, 0.3) is 10.1 Å². The monoisotopic (exact) mass is 534 g/mol. The lowest BCUT2D eigenvalue weighted by molar-refractivity contribution is -0.123. The number of carbonyl (C=O) groups is 2. The first-order valence-corrected chi connectivity index (χ1v) is 12.4. The summed E-state index contributed by atoms with van der Waals surface area (Å²) >= 11 is 7.66. The molecule has 0 aliphatic rings. The zero-order chi connectivity index (χ0) is 26.2. The van der Waals surface area contributed by atoms with Crippen LogP contribution in [0.2, 0.25) is 5.02 Å². The Balaban J connectivity index is 1.36. The number of amides is 1. The molecule has 0 unspecified atom stereocenters. The normalized spacial score (nSPS) is 10.9. The molecule has 37 heavy (non-hydrogen) atoms. The summed E-state index contributed by atoms with van der Waals surface area (Å²) < 4.78 is 17.4. The zero-order valence-corrected chi connectivity index (χ0v) is 21.5. The molecule has 0 bridgehead atoms. The van der Waals surface area contributed by atoms with Crippen LogP contribution >= 0.6 is 22.9 Å². The maximum absolute atomic E-state index is 12.8. The number of fused-ring (bicyclic) bond motifs is 1. The predicted octanol–water partition coefficient (Wildman–Crippen LogP) is 6.04. The molecular weight excluding hydrogens is 512 g/mol. The van der Waals surface area contributed by atoms with E-state index in [1.54, 1.807) is 30.3 Å². The lowest BCUT2D eigenvalue weighted by Crippen LogP contribution is -2.24. The van der Waals surface area contributed by atoms with Crippen LogP contribution in [0.15, 0.2) is 84.5 Å². The summed E-state index contributed by atoms with van der Waals surface area (Å²) in [4.78, 5) is 25.2. The number of esters is 1. The Labute approximate surface area is 222 Å². The smallest absolute Gasteiger partial charge is 0.355 e. The number of para-hydroxylation sites is 1. The second-order valence-electron chi connectivity index (χ2n) is 7.72. The van der Waals surface area contributed by atoms with E-state index in [-0.39, 0.29) is 12.4 Å². The Kier molecular flexibility index (Phi) is 8.56. The topological polar surface area (TPSA) is 86.2 Å². The van der Waals surface area contributed by atoms with Crippen molar-refractivity contribution in [1.82, 2.24) is 5.43 Å². The summed E-state index contributed by atoms with van der Waals surface area (Å²) in [6.45, 7) is 3.54. The minimum absolute atomic E-state index is 0.190. The van der Waals surface area contributed by atoms with Gasteiger partial charge in [-0.05, 0) is 47.9 Å². The predicted molar refractivity (Wildman–Crippen MR) is 146 cm³/mol. The van der Waals surface area contributed by atoms with Gasteiger partial charge in [-0.15, -0.1) is 17.9 Å². The molecule has 9 heteroatoms. The van der Waals surface area contributed by atoms with E-state index in [9.17, 15) is 9.59 Å². The van der Waals surface area contributed by atoms with E-state index in [0.717, 1.165) is 15.6 Å². The van der Waals surface area contributed by atoms with Crippen LogP contribution in [0.4, 0.5) is 0 Å². The zero-order valence-electron chi connectivity index (χ0n) is 19.9. The first-order chi connectivity index (χ1) is 18.0. The van der Waals surface area contributed by atoms with Gasteiger partial charge in [0.25, 0.3) is 5.91 Å². The molecule has 0 atom stereocenters. The fourth-order valence-electron chi connectivity index (χ4n) is 3.46. The quantitative estimate of drug-likeness (QED) is 0.0881. The summed E-state index contributed by atoms with van der Waals surface area (Å²) in [7, 11) is 1.46. The van der Waals surface area contributed by atoms with E-state index < -0.39 is 11.9 Å². The summed E-state index contributed by atoms with van der Waals surface area (Å²) in [5, 5.41) is 5.12. The van der Waals surface area contributed by atoms with Gasteiger partial charge in [0.15, 0.2) is 18.1 Å². The lowest BCUT2D eigenvalue weighted by atomic mass is 10.1. The Morgan fingerprint density at radius 3 is 2.62 bits per heavy atom. The molecule has 0 fully saturated rings. The third-order valence-electron chi connectivity index (χ3n) is 5.21. The second-order valence-corrected chi connectivity index (χ2v) is 9.15. The molecule has 3 aromatic carbocycles. The van der Waals surface area contributed by atoms with Crippen LogP contribution < -0.4 is 19.6 Å². The van der Waals surface area contributed by atoms with Gasteiger partial charge in [0.05, 0.1) is 18.3 Å². The van der Waals surface area contributed by atoms with Gasteiger partial charge >= 0.3 is 5.97 Å². The Bertz CT molecular complexity index is 1480. The highest BCUT2D eigenvalue weighted by Gasteiger charge is 2.20. The van der Waals surface area contributed by atoms with E-state index >= 15 is 0 Å². The number of nitrogens with one attached hydrogen (secondary N) is 1. The van der Waals surface area contributed by atoms with Crippen LogP contribution in [0.5, 0.6) is 17.2 Å². The number of thiophene rings is 1. The third-order valence-corrected chi connectivity index (χ3v) is 6.86. The molecule has 0 aliphatic carbocycles. The number of allylic oxidation sites excluding steroid dienone is 1. The number of rotatable bonds is 10. The molecular formula is C28H23ClN2O5S. The number of hydrogen-bond donors (Lipinski definition) is 1. The van der Waals surface area contributed by atoms with Crippen LogP contribution in [-0.2, 0) is 11.2 Å². The largest absolute Gasteiger partial charge is 0.493 e. The molecule has 0 aliphatic heterocycles. The number of hydrogen-bond acceptors (Lipinski definition) is 7. The molecule has 0 spiro atoms. The summed E-state index contributed by atoms with van der Waals surface area (Å²) in [5.74, 6) is 0.181. The van der Waals surface area contributed by atoms with Crippen LogP contribution in [0, 0.1) is 0 Å². The van der Waals surface area contributed by atoms with Crippen LogP contribution in [0.3, 0.4) is 0 Å². The SMILES string of the molecule is C=CCc1ccccc1OCC(=O)N/N=C\c1ccc(OC(=O)c2sc3ccccc3c2Cl)c(OC)c1. The van der Waals surface area contributed by atoms with E-state index in [1.165, 1.54) is 24.7 Å². The standard InChI is InChI=1S/C28H23ClN2O5S/c1-3-8-19-9-4-6-11-21(19)35-17-25(32)31-30-16-18-13-14-22(23(15-18)34-2)36-28(33)27-26(29)20-10-5-7-12-24(20)37-27/h3-7,9-16H,1,8,17H2,2H3,(H,31,32)/b30-16-. The van der Waals surface area contributed by atoms with Gasteiger partial charge in [-0.25, -0.2) is 10.2 Å². The molecule has 4 aromatic rings.